The lowest BCUT2D eigenvalue weighted by atomic mass is 10.1. The van der Waals surface area contributed by atoms with Crippen molar-refractivity contribution in [1.82, 2.24) is 5.32 Å². The van der Waals surface area contributed by atoms with Gasteiger partial charge in [-0.15, -0.1) is 0 Å². The molecule has 1 rings (SSSR count). The van der Waals surface area contributed by atoms with E-state index in [4.69, 9.17) is 0 Å². The molecule has 0 aliphatic carbocycles. The molecule has 1 N–H and O–H groups in total. The van der Waals surface area contributed by atoms with Crippen LogP contribution in [-0.4, -0.2) is 19.0 Å². The van der Waals surface area contributed by atoms with E-state index >= 15 is 0 Å². The van der Waals surface area contributed by atoms with Gasteiger partial charge in [0, 0.05) is 25.9 Å². The van der Waals surface area contributed by atoms with Crippen molar-refractivity contribution in [2.75, 3.05) is 13.1 Å². The van der Waals surface area contributed by atoms with Crippen LogP contribution in [0.5, 0.6) is 0 Å². The molecule has 0 unspecified atom stereocenters. The highest BCUT2D eigenvalue weighted by Crippen LogP contribution is 2.23. The molecular formula is C8H17F2N. The van der Waals surface area contributed by atoms with Gasteiger partial charge in [-0.1, -0.05) is 20.3 Å². The highest BCUT2D eigenvalue weighted by Gasteiger charge is 2.30. The molecule has 1 aliphatic rings. The van der Waals surface area contributed by atoms with Gasteiger partial charge in [0.15, 0.2) is 0 Å². The van der Waals surface area contributed by atoms with E-state index in [0.29, 0.717) is 13.1 Å². The van der Waals surface area contributed by atoms with Gasteiger partial charge in [0.2, 0.25) is 0 Å². The predicted octanol–water partition coefficient (Wildman–Crippen LogP) is 2.42. The van der Waals surface area contributed by atoms with Crippen molar-refractivity contribution in [2.45, 2.75) is 39.0 Å². The SMILES string of the molecule is CCC.FC1(F)CCNCC1. The van der Waals surface area contributed by atoms with Crippen molar-refractivity contribution < 1.29 is 8.78 Å². The Hall–Kier alpha value is -0.180. The van der Waals surface area contributed by atoms with Crippen LogP contribution in [0.3, 0.4) is 0 Å². The van der Waals surface area contributed by atoms with Crippen molar-refractivity contribution in [3.05, 3.63) is 0 Å². The fourth-order valence-corrected chi connectivity index (χ4v) is 0.793. The third-order valence-corrected chi connectivity index (χ3v) is 1.34. The molecule has 1 heterocycles. The van der Waals surface area contributed by atoms with Crippen LogP contribution < -0.4 is 5.32 Å². The molecule has 0 saturated carbocycles. The maximum atomic E-state index is 12.2. The summed E-state index contributed by atoms with van der Waals surface area (Å²) in [5, 5.41) is 2.86. The van der Waals surface area contributed by atoms with E-state index in [0.717, 1.165) is 0 Å². The fourth-order valence-electron chi connectivity index (χ4n) is 0.793. The van der Waals surface area contributed by atoms with Crippen LogP contribution in [0.4, 0.5) is 8.78 Å². The Labute approximate surface area is 67.2 Å². The lowest BCUT2D eigenvalue weighted by Gasteiger charge is -2.21. The summed E-state index contributed by atoms with van der Waals surface area (Å²) in [4.78, 5) is 0. The van der Waals surface area contributed by atoms with Crippen LogP contribution in [0.15, 0.2) is 0 Å². The van der Waals surface area contributed by atoms with Gasteiger partial charge in [0.25, 0.3) is 5.92 Å². The minimum Gasteiger partial charge on any atom is -0.316 e. The zero-order valence-electron chi connectivity index (χ0n) is 7.29. The van der Waals surface area contributed by atoms with Crippen LogP contribution in [-0.2, 0) is 0 Å². The zero-order chi connectivity index (χ0) is 8.74. The van der Waals surface area contributed by atoms with E-state index in [-0.39, 0.29) is 12.8 Å². The fraction of sp³-hybridized carbons (Fsp3) is 1.00. The Morgan fingerprint density at radius 3 is 1.73 bits per heavy atom. The number of rotatable bonds is 0. The van der Waals surface area contributed by atoms with E-state index in [1.165, 1.54) is 6.42 Å². The van der Waals surface area contributed by atoms with Crippen LogP contribution >= 0.6 is 0 Å². The third kappa shape index (κ3) is 6.23. The summed E-state index contributed by atoms with van der Waals surface area (Å²) in [6, 6.07) is 0. The lowest BCUT2D eigenvalue weighted by Crippen LogP contribution is -2.35. The number of piperidine rings is 1. The molecular weight excluding hydrogens is 148 g/mol. The van der Waals surface area contributed by atoms with Crippen molar-refractivity contribution >= 4 is 0 Å². The number of halogens is 2. The molecule has 1 fully saturated rings. The van der Waals surface area contributed by atoms with Gasteiger partial charge in [-0.2, -0.15) is 0 Å². The highest BCUT2D eigenvalue weighted by molar-refractivity contribution is 4.73. The topological polar surface area (TPSA) is 12.0 Å². The first-order valence-electron chi connectivity index (χ1n) is 4.21. The maximum Gasteiger partial charge on any atom is 0.250 e. The number of hydrogen-bond acceptors (Lipinski definition) is 1. The first-order valence-corrected chi connectivity index (χ1v) is 4.21. The standard InChI is InChI=1S/C5H9F2N.C3H8/c6-5(7)1-3-8-4-2-5;1-3-2/h8H,1-4H2;3H2,1-2H3. The molecule has 0 bridgehead atoms. The monoisotopic (exact) mass is 165 g/mol. The number of hydrogen-bond donors (Lipinski definition) is 1. The maximum absolute atomic E-state index is 12.2. The summed E-state index contributed by atoms with van der Waals surface area (Å²) in [6.45, 7) is 5.18. The number of alkyl halides is 2. The van der Waals surface area contributed by atoms with Gasteiger partial charge in [0.1, 0.15) is 0 Å². The Morgan fingerprint density at radius 1 is 1.18 bits per heavy atom. The first kappa shape index (κ1) is 10.8. The minimum atomic E-state index is -2.38. The van der Waals surface area contributed by atoms with Gasteiger partial charge in [0.05, 0.1) is 0 Å². The molecule has 1 saturated heterocycles. The molecule has 0 radical (unpaired) electrons. The van der Waals surface area contributed by atoms with Gasteiger partial charge >= 0.3 is 0 Å². The molecule has 1 aliphatic heterocycles. The summed E-state index contributed by atoms with van der Waals surface area (Å²) in [7, 11) is 0. The van der Waals surface area contributed by atoms with Gasteiger partial charge < -0.3 is 5.32 Å². The highest BCUT2D eigenvalue weighted by atomic mass is 19.3. The second-order valence-electron chi connectivity index (χ2n) is 2.81. The summed E-state index contributed by atoms with van der Waals surface area (Å²) in [5.41, 5.74) is 0. The average Bonchev–Trinajstić information content (AvgIpc) is 1.88. The first-order chi connectivity index (χ1) is 5.12. The van der Waals surface area contributed by atoms with Crippen molar-refractivity contribution in [1.29, 1.82) is 0 Å². The molecule has 68 valence electrons. The summed E-state index contributed by atoms with van der Waals surface area (Å²) in [6.07, 6.45) is 1.26. The predicted molar refractivity (Wildman–Crippen MR) is 43.0 cm³/mol. The van der Waals surface area contributed by atoms with Gasteiger partial charge in [-0.25, -0.2) is 8.78 Å². The average molecular weight is 165 g/mol. The molecule has 0 spiro atoms. The van der Waals surface area contributed by atoms with E-state index in [2.05, 4.69) is 19.2 Å². The molecule has 3 heteroatoms. The Balaban J connectivity index is 0.000000292. The summed E-state index contributed by atoms with van der Waals surface area (Å²) < 4.78 is 24.3. The Kier molecular flexibility index (Phi) is 5.38. The summed E-state index contributed by atoms with van der Waals surface area (Å²) >= 11 is 0. The molecule has 0 aromatic rings. The van der Waals surface area contributed by atoms with Crippen LogP contribution in [0.25, 0.3) is 0 Å². The second kappa shape index (κ2) is 5.47. The molecule has 0 atom stereocenters. The normalized spacial score (nSPS) is 21.8. The van der Waals surface area contributed by atoms with Crippen molar-refractivity contribution in [3.63, 3.8) is 0 Å². The quantitative estimate of drug-likeness (QED) is 0.581. The minimum absolute atomic E-state index is 0.00694. The van der Waals surface area contributed by atoms with Crippen LogP contribution in [0, 0.1) is 0 Å². The van der Waals surface area contributed by atoms with E-state index in [9.17, 15) is 8.78 Å². The van der Waals surface area contributed by atoms with Crippen LogP contribution in [0.2, 0.25) is 0 Å². The molecule has 0 aromatic carbocycles. The van der Waals surface area contributed by atoms with E-state index < -0.39 is 5.92 Å². The zero-order valence-corrected chi connectivity index (χ0v) is 7.29. The molecule has 11 heavy (non-hydrogen) atoms. The van der Waals surface area contributed by atoms with E-state index in [1.807, 2.05) is 0 Å². The molecule has 0 amide bonds. The smallest absolute Gasteiger partial charge is 0.250 e. The Bertz CT molecular complexity index is 86.1. The number of nitrogens with one attached hydrogen (secondary N) is 1. The van der Waals surface area contributed by atoms with Crippen molar-refractivity contribution in [2.24, 2.45) is 0 Å². The van der Waals surface area contributed by atoms with Crippen LogP contribution in [0.1, 0.15) is 33.1 Å². The largest absolute Gasteiger partial charge is 0.316 e. The van der Waals surface area contributed by atoms with E-state index in [1.54, 1.807) is 0 Å². The summed E-state index contributed by atoms with van der Waals surface area (Å²) in [5.74, 6) is -2.38. The second-order valence-corrected chi connectivity index (χ2v) is 2.81. The third-order valence-electron chi connectivity index (χ3n) is 1.34. The van der Waals surface area contributed by atoms with Gasteiger partial charge in [-0.3, -0.25) is 0 Å². The Morgan fingerprint density at radius 2 is 1.55 bits per heavy atom. The van der Waals surface area contributed by atoms with Crippen molar-refractivity contribution in [3.8, 4) is 0 Å². The van der Waals surface area contributed by atoms with Gasteiger partial charge in [-0.05, 0) is 0 Å². The lowest BCUT2D eigenvalue weighted by molar-refractivity contribution is -0.0274. The molecule has 1 nitrogen and oxygen atoms in total. The molecule has 0 aromatic heterocycles.